The maximum absolute atomic E-state index is 13.6. The van der Waals surface area contributed by atoms with Gasteiger partial charge in [0.1, 0.15) is 37.9 Å². The standard InChI is InChI=1S/C59H98N2O14/c1-5-8-11-14-16-18-27-40-69-50(62)30-21-23-32-52(64)71-45-58(48-74-55(67)59-42-57(4,43-59)44-59,46-72-53(65)33-24-22-31-51(63)70-41-28-19-17-15-12-9-6-2)47-73-54(66)35-34-49(29-20-13-10-7-3)75-56(68)60-36-39-61-37-25-26-38-61/h16-19,49H,5-15,20-48H2,1-4H3,(H,60,68)/b18-16-,19-17-. The van der Waals surface area contributed by atoms with E-state index in [4.69, 9.17) is 33.2 Å². The molecule has 0 aromatic rings. The Kier molecular flexibility index (Phi) is 33.0. The molecule has 1 saturated heterocycles. The Morgan fingerprint density at radius 2 is 0.960 bits per heavy atom. The number of likely N-dealkylation sites (tertiary alicyclic amines) is 1. The summed E-state index contributed by atoms with van der Waals surface area (Å²) in [6.45, 7) is 10.8. The lowest BCUT2D eigenvalue weighted by Crippen LogP contribution is -2.64. The van der Waals surface area contributed by atoms with Crippen LogP contribution in [-0.2, 0) is 61.9 Å². The molecule has 0 spiro atoms. The van der Waals surface area contributed by atoms with Crippen LogP contribution in [0.25, 0.3) is 0 Å². The largest absolute Gasteiger partial charge is 0.465 e. The molecular weight excluding hydrogens is 961 g/mol. The molecule has 1 unspecified atom stereocenters. The van der Waals surface area contributed by atoms with Gasteiger partial charge in [-0.1, -0.05) is 96.9 Å². The van der Waals surface area contributed by atoms with E-state index in [-0.39, 0.29) is 62.5 Å². The predicted molar refractivity (Wildman–Crippen MR) is 287 cm³/mol. The third-order valence-electron chi connectivity index (χ3n) is 14.5. The molecule has 16 nitrogen and oxygen atoms in total. The highest BCUT2D eigenvalue weighted by molar-refractivity contribution is 5.81. The van der Waals surface area contributed by atoms with Crippen LogP contribution in [-0.4, -0.2) is 119 Å². The first-order valence-corrected chi connectivity index (χ1v) is 29.2. The summed E-state index contributed by atoms with van der Waals surface area (Å²) in [6, 6.07) is 0. The molecule has 1 N–H and O–H groups in total. The van der Waals surface area contributed by atoms with Gasteiger partial charge in [-0.3, -0.25) is 28.8 Å². The first-order chi connectivity index (χ1) is 36.2. The SMILES string of the molecule is CCCCC/C=C\CCOC(=O)CCCCC(=O)OCC(COC(=O)CCCCC(=O)OCC/C=C\CCCCC)(COC(=O)CCC(CCCCCC)OC(=O)NCCN1CCCC1)COC(=O)C12CC(C)(C1)C2. The van der Waals surface area contributed by atoms with E-state index in [9.17, 15) is 33.6 Å². The van der Waals surface area contributed by atoms with Crippen molar-refractivity contribution in [2.45, 2.75) is 226 Å². The molecule has 16 heteroatoms. The summed E-state index contributed by atoms with van der Waals surface area (Å²) >= 11 is 0. The van der Waals surface area contributed by atoms with Gasteiger partial charge in [-0.2, -0.15) is 0 Å². The van der Waals surface area contributed by atoms with E-state index in [0.29, 0.717) is 84.0 Å². The minimum absolute atomic E-state index is 0.0193. The lowest BCUT2D eigenvalue weighted by Gasteiger charge is -2.67. The lowest BCUT2D eigenvalue weighted by molar-refractivity contribution is -0.226. The molecule has 75 heavy (non-hydrogen) atoms. The van der Waals surface area contributed by atoms with Gasteiger partial charge in [-0.15, -0.1) is 0 Å². The van der Waals surface area contributed by atoms with Crippen molar-refractivity contribution in [1.29, 1.82) is 0 Å². The van der Waals surface area contributed by atoms with Gasteiger partial charge in [0, 0.05) is 45.2 Å². The molecule has 1 amide bonds. The van der Waals surface area contributed by atoms with Crippen LogP contribution in [0.5, 0.6) is 0 Å². The maximum Gasteiger partial charge on any atom is 0.407 e. The van der Waals surface area contributed by atoms with Crippen molar-refractivity contribution in [3.63, 3.8) is 0 Å². The number of carbonyl (C=O) groups is 7. The average molecular weight is 1060 g/mol. The Bertz CT molecular complexity index is 1660. The van der Waals surface area contributed by atoms with Crippen molar-refractivity contribution in [1.82, 2.24) is 10.2 Å². The Labute approximate surface area is 450 Å². The Morgan fingerprint density at radius 1 is 0.520 bits per heavy atom. The van der Waals surface area contributed by atoms with Crippen LogP contribution in [0.1, 0.15) is 220 Å². The molecule has 4 aliphatic rings. The zero-order valence-electron chi connectivity index (χ0n) is 46.8. The van der Waals surface area contributed by atoms with E-state index in [1.54, 1.807) is 0 Å². The number of nitrogens with zero attached hydrogens (tertiary/aromatic N) is 1. The highest BCUT2D eigenvalue weighted by Gasteiger charge is 2.70. The molecule has 3 aliphatic carbocycles. The molecule has 1 heterocycles. The van der Waals surface area contributed by atoms with Crippen molar-refractivity contribution in [2.24, 2.45) is 16.2 Å². The fraction of sp³-hybridized carbons (Fsp3) is 0.814. The van der Waals surface area contributed by atoms with Gasteiger partial charge < -0.3 is 43.4 Å². The molecule has 1 atom stereocenters. The predicted octanol–water partition coefficient (Wildman–Crippen LogP) is 11.5. The van der Waals surface area contributed by atoms with Crippen LogP contribution < -0.4 is 5.32 Å². The van der Waals surface area contributed by atoms with E-state index >= 15 is 0 Å². The number of amides is 1. The Balaban J connectivity index is 1.63. The van der Waals surface area contributed by atoms with Crippen LogP contribution in [0.2, 0.25) is 0 Å². The van der Waals surface area contributed by atoms with Crippen molar-refractivity contribution in [2.75, 3.05) is 65.8 Å². The number of esters is 6. The summed E-state index contributed by atoms with van der Waals surface area (Å²) in [5.74, 6) is -2.87. The molecule has 4 fully saturated rings. The highest BCUT2D eigenvalue weighted by atomic mass is 16.6. The molecule has 3 saturated carbocycles. The molecule has 1 aliphatic heterocycles. The van der Waals surface area contributed by atoms with Gasteiger partial charge in [0.15, 0.2) is 0 Å². The Hall–Kier alpha value is -4.47. The van der Waals surface area contributed by atoms with Crippen LogP contribution >= 0.6 is 0 Å². The minimum Gasteiger partial charge on any atom is -0.465 e. The third-order valence-corrected chi connectivity index (χ3v) is 14.5. The summed E-state index contributed by atoms with van der Waals surface area (Å²) < 4.78 is 40.0. The van der Waals surface area contributed by atoms with Gasteiger partial charge in [-0.25, -0.2) is 4.79 Å². The number of rotatable bonds is 45. The third kappa shape index (κ3) is 28.5. The summed E-state index contributed by atoms with van der Waals surface area (Å²) in [7, 11) is 0. The first-order valence-electron chi connectivity index (χ1n) is 29.2. The summed E-state index contributed by atoms with van der Waals surface area (Å²) in [5.41, 5.74) is -1.95. The van der Waals surface area contributed by atoms with Crippen LogP contribution in [0.15, 0.2) is 24.3 Å². The molecule has 428 valence electrons. The van der Waals surface area contributed by atoms with E-state index in [0.717, 1.165) is 96.7 Å². The number of allylic oxidation sites excluding steroid dienone is 2. The van der Waals surface area contributed by atoms with Gasteiger partial charge >= 0.3 is 41.9 Å². The van der Waals surface area contributed by atoms with Gasteiger partial charge in [0.2, 0.25) is 0 Å². The molecule has 4 rings (SSSR count). The summed E-state index contributed by atoms with van der Waals surface area (Å²) in [4.78, 5) is 93.7. The second-order valence-electron chi connectivity index (χ2n) is 21.9. The zero-order chi connectivity index (χ0) is 54.5. The van der Waals surface area contributed by atoms with Crippen molar-refractivity contribution >= 4 is 41.9 Å². The minimum atomic E-state index is -1.47. The fourth-order valence-corrected chi connectivity index (χ4v) is 10.1. The van der Waals surface area contributed by atoms with Crippen molar-refractivity contribution in [3.05, 3.63) is 24.3 Å². The number of hydrogen-bond donors (Lipinski definition) is 1. The molecule has 0 aromatic heterocycles. The number of ether oxygens (including phenoxy) is 7. The maximum atomic E-state index is 13.6. The first kappa shape index (κ1) is 64.8. The summed E-state index contributed by atoms with van der Waals surface area (Å²) in [6.07, 6.45) is 28.3. The number of hydrogen-bond acceptors (Lipinski definition) is 15. The Morgan fingerprint density at radius 3 is 1.44 bits per heavy atom. The topological polar surface area (TPSA) is 199 Å². The monoisotopic (exact) mass is 1060 g/mol. The zero-order valence-corrected chi connectivity index (χ0v) is 46.8. The molecule has 0 aromatic carbocycles. The van der Waals surface area contributed by atoms with E-state index in [1.807, 2.05) is 12.2 Å². The van der Waals surface area contributed by atoms with Crippen molar-refractivity contribution < 1.29 is 66.7 Å². The summed E-state index contributed by atoms with van der Waals surface area (Å²) in [5, 5.41) is 2.85. The molecular formula is C59H98N2O14. The van der Waals surface area contributed by atoms with Gasteiger partial charge in [0.05, 0.1) is 18.6 Å². The van der Waals surface area contributed by atoms with Crippen LogP contribution in [0.4, 0.5) is 4.79 Å². The van der Waals surface area contributed by atoms with E-state index in [1.165, 1.54) is 12.8 Å². The fourth-order valence-electron chi connectivity index (χ4n) is 10.1. The van der Waals surface area contributed by atoms with Crippen molar-refractivity contribution in [3.8, 4) is 0 Å². The number of alkyl carbamates (subject to hydrolysis) is 1. The number of unbranched alkanes of at least 4 members (excludes halogenated alkanes) is 11. The quantitative estimate of drug-likeness (QED) is 0.0261. The number of nitrogens with one attached hydrogen (secondary N) is 1. The number of carbonyl (C=O) groups excluding carboxylic acids is 7. The lowest BCUT2D eigenvalue weighted by atomic mass is 9.36. The van der Waals surface area contributed by atoms with Gasteiger partial charge in [0.25, 0.3) is 0 Å². The normalized spacial score (nSPS) is 18.5. The second kappa shape index (κ2) is 38.1. The van der Waals surface area contributed by atoms with Crippen LogP contribution in [0.3, 0.4) is 0 Å². The van der Waals surface area contributed by atoms with Gasteiger partial charge in [-0.05, 0) is 134 Å². The molecule has 0 radical (unpaired) electrons. The van der Waals surface area contributed by atoms with Crippen LogP contribution in [0, 0.1) is 16.2 Å². The second-order valence-corrected chi connectivity index (χ2v) is 21.9. The van der Waals surface area contributed by atoms with E-state index < -0.39 is 66.7 Å². The highest BCUT2D eigenvalue weighted by Crippen LogP contribution is 2.73. The van der Waals surface area contributed by atoms with E-state index in [2.05, 4.69) is 50.1 Å². The average Bonchev–Trinajstić information content (AvgIpc) is 3.90. The smallest absolute Gasteiger partial charge is 0.407 e. The molecule has 2 bridgehead atoms.